The molecule has 0 aliphatic carbocycles. The van der Waals surface area contributed by atoms with E-state index in [1.807, 2.05) is 6.08 Å². The Bertz CT molecular complexity index is 81.8. The second kappa shape index (κ2) is 1.82. The summed E-state index contributed by atoms with van der Waals surface area (Å²) >= 11 is 0. The monoisotopic (exact) mass is 85.1 g/mol. The SMILES string of the molecule is [2H]N1C=CCCN1. The van der Waals surface area contributed by atoms with Crippen LogP contribution < -0.4 is 10.8 Å². The Hall–Kier alpha value is -0.500. The Labute approximate surface area is 38.7 Å². The first-order valence-corrected chi connectivity index (χ1v) is 2.08. The van der Waals surface area contributed by atoms with Crippen LogP contribution in [0.15, 0.2) is 12.3 Å². The molecule has 0 aromatic rings. The molecule has 0 unspecified atom stereocenters. The zero-order valence-corrected chi connectivity index (χ0v) is 3.52. The molecule has 0 aromatic carbocycles. The van der Waals surface area contributed by atoms with Gasteiger partial charge in [-0.25, -0.2) is 5.43 Å². The Morgan fingerprint density at radius 2 is 2.83 bits per heavy atom. The first-order valence-electron chi connectivity index (χ1n) is 2.52. The summed E-state index contributed by atoms with van der Waals surface area (Å²) in [5.74, 6) is 0. The molecule has 0 radical (unpaired) electrons. The molecule has 1 aliphatic rings. The van der Waals surface area contributed by atoms with Crippen LogP contribution in [0.3, 0.4) is 0 Å². The maximum Gasteiger partial charge on any atom is 0.181 e. The van der Waals surface area contributed by atoms with Crippen molar-refractivity contribution in [1.29, 1.82) is 0 Å². The van der Waals surface area contributed by atoms with E-state index in [0.29, 0.717) is 0 Å². The third-order valence-corrected chi connectivity index (χ3v) is 0.694. The molecule has 0 saturated heterocycles. The van der Waals surface area contributed by atoms with Gasteiger partial charge >= 0.3 is 0 Å². The van der Waals surface area contributed by atoms with Crippen molar-refractivity contribution < 1.29 is 1.41 Å². The van der Waals surface area contributed by atoms with Crippen LogP contribution in [0, 0.1) is 0 Å². The minimum atomic E-state index is 0.889. The van der Waals surface area contributed by atoms with E-state index in [-0.39, 0.29) is 0 Å². The van der Waals surface area contributed by atoms with E-state index in [2.05, 4.69) is 5.43 Å². The largest absolute Gasteiger partial charge is 0.329 e. The summed E-state index contributed by atoms with van der Waals surface area (Å²) in [5, 5.41) is 0. The summed E-state index contributed by atoms with van der Waals surface area (Å²) in [6, 6.07) is 0. The lowest BCUT2D eigenvalue weighted by atomic mass is 10.4. The molecule has 0 spiro atoms. The third kappa shape index (κ3) is 0.723. The summed E-state index contributed by atoms with van der Waals surface area (Å²) < 4.78 is 6.91. The highest BCUT2D eigenvalue weighted by Crippen LogP contribution is 1.79. The van der Waals surface area contributed by atoms with Crippen LogP contribution in [0.1, 0.15) is 6.42 Å². The molecule has 0 saturated carbocycles. The fraction of sp³-hybridized carbons (Fsp3) is 0.500. The van der Waals surface area contributed by atoms with E-state index >= 15 is 0 Å². The van der Waals surface area contributed by atoms with Crippen molar-refractivity contribution in [1.82, 2.24) is 10.8 Å². The highest BCUT2D eigenvalue weighted by Gasteiger charge is 1.82. The van der Waals surface area contributed by atoms with E-state index in [9.17, 15) is 0 Å². The number of hydrogen-bond donors (Lipinski definition) is 2. The van der Waals surface area contributed by atoms with E-state index in [1.54, 1.807) is 6.20 Å². The van der Waals surface area contributed by atoms with Crippen molar-refractivity contribution in [2.24, 2.45) is 0 Å². The zero-order chi connectivity index (χ0) is 5.11. The topological polar surface area (TPSA) is 24.1 Å². The smallest absolute Gasteiger partial charge is 0.181 e. The predicted octanol–water partition coefficient (Wildman–Crippen LogP) is -0.00200. The molecule has 0 amide bonds. The summed E-state index contributed by atoms with van der Waals surface area (Å²) in [6.45, 7) is 0.889. The summed E-state index contributed by atoms with van der Waals surface area (Å²) in [6.07, 6.45) is 4.70. The summed E-state index contributed by atoms with van der Waals surface area (Å²) in [7, 11) is 0. The van der Waals surface area contributed by atoms with Crippen molar-refractivity contribution in [2.45, 2.75) is 6.42 Å². The van der Waals surface area contributed by atoms with Crippen LogP contribution in [0.5, 0.6) is 0 Å². The summed E-state index contributed by atoms with van der Waals surface area (Å²) in [5.41, 5.74) is 4.01. The molecular formula is C4H8N2. The van der Waals surface area contributed by atoms with Gasteiger partial charge in [0.15, 0.2) is 1.41 Å². The quantitative estimate of drug-likeness (QED) is 0.432. The fourth-order valence-corrected chi connectivity index (χ4v) is 0.392. The normalized spacial score (nSPS) is 24.0. The number of hydrazine groups is 1. The molecule has 2 heteroatoms. The Balaban J connectivity index is 2.36. The standard InChI is InChI=1S/C4H8N2/c1-2-4-6-5-3-1/h1,3,5-6H,2,4H2/i/hD. The number of nitrogens with one attached hydrogen (secondary N) is 2. The fourth-order valence-electron chi connectivity index (χ4n) is 0.392. The van der Waals surface area contributed by atoms with Crippen molar-refractivity contribution in [2.75, 3.05) is 6.54 Å². The van der Waals surface area contributed by atoms with Gasteiger partial charge in [-0.3, -0.25) is 0 Å². The maximum absolute atomic E-state index is 6.91. The molecule has 0 fully saturated rings. The molecule has 0 bridgehead atoms. The second-order valence-corrected chi connectivity index (χ2v) is 1.21. The van der Waals surface area contributed by atoms with Crippen molar-refractivity contribution in [3.05, 3.63) is 12.3 Å². The van der Waals surface area contributed by atoms with E-state index in [0.717, 1.165) is 13.0 Å². The third-order valence-electron chi connectivity index (χ3n) is 0.694. The van der Waals surface area contributed by atoms with Crippen LogP contribution in [0.4, 0.5) is 0 Å². The molecule has 0 atom stereocenters. The van der Waals surface area contributed by atoms with Crippen LogP contribution in [0.25, 0.3) is 0 Å². The Kier molecular flexibility index (Phi) is 0.801. The van der Waals surface area contributed by atoms with Gasteiger partial charge in [-0.2, -0.15) is 0 Å². The van der Waals surface area contributed by atoms with Crippen LogP contribution in [0.2, 0.25) is 1.41 Å². The van der Waals surface area contributed by atoms with Gasteiger partial charge in [0.05, 0.1) is 0 Å². The average Bonchev–Trinajstić information content (AvgIpc) is 1.69. The van der Waals surface area contributed by atoms with Gasteiger partial charge in [0.2, 0.25) is 0 Å². The van der Waals surface area contributed by atoms with Gasteiger partial charge in [-0.1, -0.05) is 6.08 Å². The van der Waals surface area contributed by atoms with Crippen LogP contribution in [-0.4, -0.2) is 6.54 Å². The van der Waals surface area contributed by atoms with E-state index < -0.39 is 0 Å². The van der Waals surface area contributed by atoms with Gasteiger partial charge in [0.1, 0.15) is 0 Å². The maximum atomic E-state index is 6.91. The first-order chi connectivity index (χ1) is 3.39. The zero-order valence-electron chi connectivity index (χ0n) is 4.52. The lowest BCUT2D eigenvalue weighted by Gasteiger charge is -2.04. The van der Waals surface area contributed by atoms with E-state index in [4.69, 9.17) is 1.41 Å². The second-order valence-electron chi connectivity index (χ2n) is 1.21. The van der Waals surface area contributed by atoms with Gasteiger partial charge < -0.3 is 5.42 Å². The molecule has 2 N–H and O–H groups in total. The molecule has 0 aromatic heterocycles. The van der Waals surface area contributed by atoms with Crippen LogP contribution >= 0.6 is 0 Å². The molecule has 6 heavy (non-hydrogen) atoms. The number of hydrogen-bond acceptors (Lipinski definition) is 2. The van der Waals surface area contributed by atoms with Crippen molar-refractivity contribution in [3.63, 3.8) is 0 Å². The minimum Gasteiger partial charge on any atom is -0.329 e. The molecule has 1 aliphatic heterocycles. The van der Waals surface area contributed by atoms with Crippen molar-refractivity contribution >= 4 is 0 Å². The summed E-state index contributed by atoms with van der Waals surface area (Å²) in [4.78, 5) is 0. The molecule has 1 rings (SSSR count). The molecule has 34 valence electrons. The highest BCUT2D eigenvalue weighted by atomic mass is 15.3. The number of rotatable bonds is 0. The Morgan fingerprint density at radius 1 is 1.83 bits per heavy atom. The lowest BCUT2D eigenvalue weighted by molar-refractivity contribution is 0.605. The van der Waals surface area contributed by atoms with E-state index in [1.165, 1.54) is 5.42 Å². The molecule has 1 heterocycles. The molecule has 2 nitrogen and oxygen atoms in total. The predicted molar refractivity (Wildman–Crippen MR) is 24.9 cm³/mol. The van der Waals surface area contributed by atoms with Crippen LogP contribution in [-0.2, 0) is 0 Å². The first kappa shape index (κ1) is 2.64. The minimum absolute atomic E-state index is 0.889. The lowest BCUT2D eigenvalue weighted by Crippen LogP contribution is -2.30. The van der Waals surface area contributed by atoms with Crippen molar-refractivity contribution in [3.8, 4) is 0 Å². The van der Waals surface area contributed by atoms with Gasteiger partial charge in [-0.05, 0) is 6.42 Å². The van der Waals surface area contributed by atoms with Gasteiger partial charge in [0, 0.05) is 12.7 Å². The Morgan fingerprint density at radius 3 is 3.17 bits per heavy atom. The highest BCUT2D eigenvalue weighted by molar-refractivity contribution is 4.82. The van der Waals surface area contributed by atoms with Gasteiger partial charge in [-0.15, -0.1) is 0 Å². The van der Waals surface area contributed by atoms with Gasteiger partial charge in [0.25, 0.3) is 0 Å². The average molecular weight is 85.1 g/mol. The molecular weight excluding hydrogens is 76.1 g/mol.